The zero-order valence-corrected chi connectivity index (χ0v) is 9.29. The number of aromatic nitrogens is 1. The van der Waals surface area contributed by atoms with Crippen molar-refractivity contribution in [2.75, 3.05) is 13.9 Å². The Morgan fingerprint density at radius 3 is 3.00 bits per heavy atom. The Kier molecular flexibility index (Phi) is 4.03. The van der Waals surface area contributed by atoms with Crippen molar-refractivity contribution in [2.24, 2.45) is 0 Å². The standard InChI is InChI=1S/C7H7ClINO2/c1-11-4-12-6-5(8)2-3-10-7(6)9/h2-3H,4H2,1H3. The van der Waals surface area contributed by atoms with Crippen LogP contribution in [0.2, 0.25) is 5.02 Å². The molecule has 0 N–H and O–H groups in total. The Morgan fingerprint density at radius 1 is 1.67 bits per heavy atom. The lowest BCUT2D eigenvalue weighted by Gasteiger charge is -2.06. The van der Waals surface area contributed by atoms with E-state index in [2.05, 4.69) is 4.98 Å². The van der Waals surface area contributed by atoms with E-state index in [9.17, 15) is 0 Å². The predicted octanol–water partition coefficient (Wildman–Crippen LogP) is 2.32. The van der Waals surface area contributed by atoms with Gasteiger partial charge in [-0.2, -0.15) is 0 Å². The van der Waals surface area contributed by atoms with E-state index in [1.165, 1.54) is 0 Å². The van der Waals surface area contributed by atoms with E-state index in [-0.39, 0.29) is 6.79 Å². The Hall–Kier alpha value is -0.0700. The molecule has 0 saturated carbocycles. The summed E-state index contributed by atoms with van der Waals surface area (Å²) in [5.41, 5.74) is 0. The van der Waals surface area contributed by atoms with E-state index in [1.54, 1.807) is 19.4 Å². The molecule has 0 atom stereocenters. The van der Waals surface area contributed by atoms with Crippen LogP contribution < -0.4 is 4.74 Å². The molecule has 0 aromatic carbocycles. The SMILES string of the molecule is COCOc1c(Cl)ccnc1I. The highest BCUT2D eigenvalue weighted by atomic mass is 127. The minimum Gasteiger partial charge on any atom is -0.463 e. The van der Waals surface area contributed by atoms with Crippen LogP contribution in [0.4, 0.5) is 0 Å². The fraction of sp³-hybridized carbons (Fsp3) is 0.286. The third kappa shape index (κ3) is 2.46. The minimum absolute atomic E-state index is 0.182. The fourth-order valence-corrected chi connectivity index (χ4v) is 1.61. The average Bonchev–Trinajstić information content (AvgIpc) is 2.04. The maximum Gasteiger partial charge on any atom is 0.188 e. The van der Waals surface area contributed by atoms with Gasteiger partial charge in [0.2, 0.25) is 0 Å². The smallest absolute Gasteiger partial charge is 0.188 e. The molecular weight excluding hydrogens is 292 g/mol. The molecule has 0 aliphatic rings. The van der Waals surface area contributed by atoms with Gasteiger partial charge in [-0.05, 0) is 28.7 Å². The number of halogens is 2. The van der Waals surface area contributed by atoms with Crippen molar-refractivity contribution >= 4 is 34.2 Å². The lowest BCUT2D eigenvalue weighted by Crippen LogP contribution is -2.01. The number of hydrogen-bond acceptors (Lipinski definition) is 3. The zero-order chi connectivity index (χ0) is 8.97. The van der Waals surface area contributed by atoms with Gasteiger partial charge >= 0.3 is 0 Å². The monoisotopic (exact) mass is 299 g/mol. The largest absolute Gasteiger partial charge is 0.463 e. The number of methoxy groups -OCH3 is 1. The number of pyridine rings is 1. The van der Waals surface area contributed by atoms with Gasteiger partial charge in [0.05, 0.1) is 5.02 Å². The van der Waals surface area contributed by atoms with Crippen LogP contribution in [0.5, 0.6) is 5.75 Å². The average molecular weight is 299 g/mol. The predicted molar refractivity (Wildman–Crippen MR) is 54.5 cm³/mol. The molecule has 1 aromatic rings. The van der Waals surface area contributed by atoms with Crippen molar-refractivity contribution in [1.82, 2.24) is 4.98 Å². The summed E-state index contributed by atoms with van der Waals surface area (Å²) in [7, 11) is 1.55. The van der Waals surface area contributed by atoms with Crippen molar-refractivity contribution in [2.45, 2.75) is 0 Å². The summed E-state index contributed by atoms with van der Waals surface area (Å²) in [6.07, 6.45) is 1.63. The summed E-state index contributed by atoms with van der Waals surface area (Å²) in [4.78, 5) is 4.01. The molecule has 5 heteroatoms. The second-order valence-electron chi connectivity index (χ2n) is 1.96. The first kappa shape index (κ1) is 10.0. The second kappa shape index (κ2) is 4.84. The molecule has 0 fully saturated rings. The van der Waals surface area contributed by atoms with Gasteiger partial charge in [0.1, 0.15) is 3.70 Å². The van der Waals surface area contributed by atoms with Crippen molar-refractivity contribution < 1.29 is 9.47 Å². The van der Waals surface area contributed by atoms with Crippen molar-refractivity contribution in [3.8, 4) is 5.75 Å². The molecule has 1 rings (SSSR count). The molecule has 0 bridgehead atoms. The van der Waals surface area contributed by atoms with E-state index in [4.69, 9.17) is 21.1 Å². The molecule has 1 aromatic heterocycles. The van der Waals surface area contributed by atoms with Gasteiger partial charge in [-0.3, -0.25) is 0 Å². The molecule has 1 heterocycles. The molecule has 0 amide bonds. The Balaban J connectivity index is 2.81. The summed E-state index contributed by atoms with van der Waals surface area (Å²) in [6, 6.07) is 1.68. The first-order chi connectivity index (χ1) is 5.75. The molecule has 0 aliphatic carbocycles. The molecule has 0 saturated heterocycles. The molecular formula is C7H7ClINO2. The van der Waals surface area contributed by atoms with Gasteiger partial charge < -0.3 is 9.47 Å². The second-order valence-corrected chi connectivity index (χ2v) is 3.39. The van der Waals surface area contributed by atoms with E-state index >= 15 is 0 Å². The number of nitrogens with zero attached hydrogens (tertiary/aromatic N) is 1. The van der Waals surface area contributed by atoms with Gasteiger partial charge in [0, 0.05) is 13.3 Å². The highest BCUT2D eigenvalue weighted by Gasteiger charge is 2.06. The Morgan fingerprint density at radius 2 is 2.42 bits per heavy atom. The highest BCUT2D eigenvalue weighted by molar-refractivity contribution is 14.1. The number of hydrogen-bond donors (Lipinski definition) is 0. The van der Waals surface area contributed by atoms with E-state index in [0.29, 0.717) is 10.8 Å². The van der Waals surface area contributed by atoms with Gasteiger partial charge in [-0.15, -0.1) is 0 Å². The molecule has 0 aliphatic heterocycles. The van der Waals surface area contributed by atoms with Crippen LogP contribution in [0, 0.1) is 3.70 Å². The van der Waals surface area contributed by atoms with Crippen molar-refractivity contribution in [1.29, 1.82) is 0 Å². The van der Waals surface area contributed by atoms with Crippen molar-refractivity contribution in [3.05, 3.63) is 21.0 Å². The molecule has 0 unspecified atom stereocenters. The zero-order valence-electron chi connectivity index (χ0n) is 6.38. The third-order valence-electron chi connectivity index (χ3n) is 1.13. The van der Waals surface area contributed by atoms with Gasteiger partial charge in [-0.1, -0.05) is 11.6 Å². The van der Waals surface area contributed by atoms with Gasteiger partial charge in [0.15, 0.2) is 12.5 Å². The van der Waals surface area contributed by atoms with Crippen LogP contribution in [-0.4, -0.2) is 18.9 Å². The van der Waals surface area contributed by atoms with Crippen molar-refractivity contribution in [3.63, 3.8) is 0 Å². The van der Waals surface area contributed by atoms with Crippen LogP contribution in [0.25, 0.3) is 0 Å². The first-order valence-electron chi connectivity index (χ1n) is 3.17. The summed E-state index contributed by atoms with van der Waals surface area (Å²) in [5, 5.41) is 0.548. The number of ether oxygens (including phenoxy) is 2. The lowest BCUT2D eigenvalue weighted by molar-refractivity contribution is 0.0502. The molecule has 0 radical (unpaired) electrons. The summed E-state index contributed by atoms with van der Waals surface area (Å²) >= 11 is 7.89. The third-order valence-corrected chi connectivity index (χ3v) is 2.20. The van der Waals surface area contributed by atoms with Gasteiger partial charge in [0.25, 0.3) is 0 Å². The Labute approximate surface area is 89.2 Å². The molecule has 0 spiro atoms. The van der Waals surface area contributed by atoms with Gasteiger partial charge in [-0.25, -0.2) is 4.98 Å². The highest BCUT2D eigenvalue weighted by Crippen LogP contribution is 2.27. The lowest BCUT2D eigenvalue weighted by atomic mass is 10.5. The van der Waals surface area contributed by atoms with Crippen LogP contribution in [0.15, 0.2) is 12.3 Å². The normalized spacial score (nSPS) is 9.92. The van der Waals surface area contributed by atoms with Crippen LogP contribution in [0.3, 0.4) is 0 Å². The van der Waals surface area contributed by atoms with E-state index in [0.717, 1.165) is 3.70 Å². The van der Waals surface area contributed by atoms with Crippen LogP contribution in [0.1, 0.15) is 0 Å². The maximum absolute atomic E-state index is 5.84. The minimum atomic E-state index is 0.182. The summed E-state index contributed by atoms with van der Waals surface area (Å²) in [6.45, 7) is 0.182. The van der Waals surface area contributed by atoms with E-state index in [1.807, 2.05) is 22.6 Å². The Bertz CT molecular complexity index is 249. The molecule has 12 heavy (non-hydrogen) atoms. The molecule has 66 valence electrons. The fourth-order valence-electron chi connectivity index (χ4n) is 0.647. The quantitative estimate of drug-likeness (QED) is 0.488. The maximum atomic E-state index is 5.84. The van der Waals surface area contributed by atoms with Crippen LogP contribution >= 0.6 is 34.2 Å². The molecule has 3 nitrogen and oxygen atoms in total. The summed E-state index contributed by atoms with van der Waals surface area (Å²) in [5.74, 6) is 0.571. The number of rotatable bonds is 3. The topological polar surface area (TPSA) is 31.4 Å². The summed E-state index contributed by atoms with van der Waals surface area (Å²) < 4.78 is 10.7. The first-order valence-corrected chi connectivity index (χ1v) is 4.63. The van der Waals surface area contributed by atoms with Crippen LogP contribution in [-0.2, 0) is 4.74 Å². The van der Waals surface area contributed by atoms with E-state index < -0.39 is 0 Å².